The minimum Gasteiger partial charge on any atom is -0.489 e. The van der Waals surface area contributed by atoms with E-state index in [1.165, 1.54) is 18.2 Å². The average Bonchev–Trinajstić information content (AvgIpc) is 2.74. The largest absolute Gasteiger partial charge is 0.489 e. The summed E-state index contributed by atoms with van der Waals surface area (Å²) in [6.45, 7) is 0.514. The van der Waals surface area contributed by atoms with Crippen molar-refractivity contribution in [3.63, 3.8) is 0 Å². The highest BCUT2D eigenvalue weighted by Crippen LogP contribution is 2.21. The average molecular weight is 361 g/mol. The van der Waals surface area contributed by atoms with Crippen molar-refractivity contribution in [1.29, 1.82) is 0 Å². The van der Waals surface area contributed by atoms with E-state index in [0.717, 1.165) is 30.6 Å². The Bertz CT molecular complexity index is 860. The molecule has 1 aromatic heterocycles. The number of benzene rings is 2. The molecule has 4 nitrogen and oxygen atoms in total. The fourth-order valence-corrected chi connectivity index (χ4v) is 2.90. The van der Waals surface area contributed by atoms with Crippen LogP contribution >= 0.6 is 0 Å². The lowest BCUT2D eigenvalue weighted by atomic mass is 10.0. The van der Waals surface area contributed by atoms with Crippen molar-refractivity contribution in [3.05, 3.63) is 95.3 Å². The monoisotopic (exact) mass is 361 g/mol. The summed E-state index contributed by atoms with van der Waals surface area (Å²) < 4.78 is 10.7. The Kier molecular flexibility index (Phi) is 6.58. The van der Waals surface area contributed by atoms with Crippen LogP contribution in [0.15, 0.2) is 73.1 Å². The zero-order valence-corrected chi connectivity index (χ0v) is 15.4. The minimum absolute atomic E-state index is 0.304. The molecule has 3 rings (SSSR count). The van der Waals surface area contributed by atoms with E-state index < -0.39 is 0 Å². The van der Waals surface area contributed by atoms with E-state index in [1.54, 1.807) is 6.20 Å². The van der Waals surface area contributed by atoms with E-state index in [0.29, 0.717) is 12.2 Å². The van der Waals surface area contributed by atoms with Gasteiger partial charge in [-0.1, -0.05) is 36.4 Å². The standard InChI is InChI=1S/C23H23NO3/c1-26-23(25)21-13-11-18(12-14-21)6-4-9-20-8-2-3-10-22(20)27-17-19-7-5-15-24-16-19/h2-3,5,7-8,10-16H,4,6,9,17H2,1H3. The third-order valence-corrected chi connectivity index (χ3v) is 4.38. The fourth-order valence-electron chi connectivity index (χ4n) is 2.90. The normalized spacial score (nSPS) is 10.4. The number of nitrogens with zero attached hydrogens (tertiary/aromatic N) is 1. The zero-order valence-electron chi connectivity index (χ0n) is 15.4. The lowest BCUT2D eigenvalue weighted by Crippen LogP contribution is -2.01. The van der Waals surface area contributed by atoms with Crippen molar-refractivity contribution in [3.8, 4) is 5.75 Å². The van der Waals surface area contributed by atoms with E-state index in [9.17, 15) is 4.79 Å². The quantitative estimate of drug-likeness (QED) is 0.549. The van der Waals surface area contributed by atoms with Crippen LogP contribution in [-0.2, 0) is 24.2 Å². The van der Waals surface area contributed by atoms with Crippen molar-refractivity contribution in [2.45, 2.75) is 25.9 Å². The predicted molar refractivity (Wildman–Crippen MR) is 105 cm³/mol. The fraction of sp³-hybridized carbons (Fsp3) is 0.217. The number of para-hydroxylation sites is 1. The number of aromatic nitrogens is 1. The van der Waals surface area contributed by atoms with Gasteiger partial charge in [0.05, 0.1) is 12.7 Å². The van der Waals surface area contributed by atoms with E-state index in [1.807, 2.05) is 60.8 Å². The summed E-state index contributed by atoms with van der Waals surface area (Å²) in [5, 5.41) is 0. The molecule has 0 amide bonds. The number of methoxy groups -OCH3 is 1. The summed E-state index contributed by atoms with van der Waals surface area (Å²) in [5.41, 5.74) is 4.04. The Morgan fingerprint density at radius 3 is 2.48 bits per heavy atom. The lowest BCUT2D eigenvalue weighted by Gasteiger charge is -2.11. The number of hydrogen-bond donors (Lipinski definition) is 0. The van der Waals surface area contributed by atoms with Crippen LogP contribution < -0.4 is 4.74 Å². The van der Waals surface area contributed by atoms with Crippen LogP contribution in [0.3, 0.4) is 0 Å². The Labute approximate surface area is 159 Å². The Morgan fingerprint density at radius 2 is 1.74 bits per heavy atom. The molecule has 0 saturated carbocycles. The Morgan fingerprint density at radius 1 is 0.926 bits per heavy atom. The highest BCUT2D eigenvalue weighted by atomic mass is 16.5. The third kappa shape index (κ3) is 5.42. The second-order valence-corrected chi connectivity index (χ2v) is 6.30. The molecule has 0 atom stereocenters. The maximum atomic E-state index is 11.5. The molecule has 1 heterocycles. The number of carbonyl (C=O) groups excluding carboxylic acids is 1. The number of carbonyl (C=O) groups is 1. The molecule has 0 radical (unpaired) electrons. The number of pyridine rings is 1. The molecule has 0 bridgehead atoms. The van der Waals surface area contributed by atoms with Gasteiger partial charge in [0.1, 0.15) is 12.4 Å². The summed E-state index contributed by atoms with van der Waals surface area (Å²) in [5.74, 6) is 0.614. The van der Waals surface area contributed by atoms with Gasteiger partial charge >= 0.3 is 5.97 Å². The molecule has 138 valence electrons. The molecule has 0 fully saturated rings. The van der Waals surface area contributed by atoms with Gasteiger partial charge in [0.15, 0.2) is 0 Å². The SMILES string of the molecule is COC(=O)c1ccc(CCCc2ccccc2OCc2cccnc2)cc1. The molecule has 3 aromatic rings. The highest BCUT2D eigenvalue weighted by Gasteiger charge is 2.06. The van der Waals surface area contributed by atoms with Gasteiger partial charge in [-0.15, -0.1) is 0 Å². The smallest absolute Gasteiger partial charge is 0.337 e. The molecule has 27 heavy (non-hydrogen) atoms. The van der Waals surface area contributed by atoms with Crippen molar-refractivity contribution in [2.75, 3.05) is 7.11 Å². The molecule has 0 N–H and O–H groups in total. The molecule has 2 aromatic carbocycles. The molecule has 0 spiro atoms. The predicted octanol–water partition coefficient (Wildman–Crippen LogP) is 4.62. The van der Waals surface area contributed by atoms with Gasteiger partial charge in [-0.2, -0.15) is 0 Å². The second-order valence-electron chi connectivity index (χ2n) is 6.30. The first-order valence-electron chi connectivity index (χ1n) is 9.03. The molecule has 0 unspecified atom stereocenters. The molecular weight excluding hydrogens is 338 g/mol. The zero-order chi connectivity index (χ0) is 18.9. The number of aryl methyl sites for hydroxylation is 2. The molecule has 4 heteroatoms. The van der Waals surface area contributed by atoms with Crippen molar-refractivity contribution in [2.24, 2.45) is 0 Å². The summed E-state index contributed by atoms with van der Waals surface area (Å²) in [4.78, 5) is 15.6. The van der Waals surface area contributed by atoms with Gasteiger partial charge in [0.2, 0.25) is 0 Å². The topological polar surface area (TPSA) is 48.4 Å². The van der Waals surface area contributed by atoms with Gasteiger partial charge in [0, 0.05) is 18.0 Å². The van der Waals surface area contributed by atoms with Gasteiger partial charge in [-0.3, -0.25) is 4.98 Å². The van der Waals surface area contributed by atoms with Crippen LogP contribution in [0.5, 0.6) is 5.75 Å². The van der Waals surface area contributed by atoms with E-state index in [-0.39, 0.29) is 5.97 Å². The van der Waals surface area contributed by atoms with Crippen LogP contribution in [0.4, 0.5) is 0 Å². The summed E-state index contributed by atoms with van der Waals surface area (Å²) in [6, 6.07) is 19.7. The van der Waals surface area contributed by atoms with Gasteiger partial charge in [0.25, 0.3) is 0 Å². The first kappa shape index (κ1) is 18.6. The number of ether oxygens (including phenoxy) is 2. The second kappa shape index (κ2) is 9.53. The first-order valence-corrected chi connectivity index (χ1v) is 9.03. The molecular formula is C23H23NO3. The summed E-state index contributed by atoms with van der Waals surface area (Å²) in [6.07, 6.45) is 6.46. The van der Waals surface area contributed by atoms with Crippen LogP contribution in [-0.4, -0.2) is 18.1 Å². The van der Waals surface area contributed by atoms with E-state index in [4.69, 9.17) is 9.47 Å². The van der Waals surface area contributed by atoms with E-state index >= 15 is 0 Å². The first-order chi connectivity index (χ1) is 13.3. The van der Waals surface area contributed by atoms with Gasteiger partial charge in [-0.25, -0.2) is 4.79 Å². The number of rotatable bonds is 8. The van der Waals surface area contributed by atoms with E-state index in [2.05, 4.69) is 11.1 Å². The van der Waals surface area contributed by atoms with Crippen LogP contribution in [0.25, 0.3) is 0 Å². The van der Waals surface area contributed by atoms with Crippen LogP contribution in [0.1, 0.15) is 33.5 Å². The lowest BCUT2D eigenvalue weighted by molar-refractivity contribution is 0.0600. The van der Waals surface area contributed by atoms with Gasteiger partial charge < -0.3 is 9.47 Å². The van der Waals surface area contributed by atoms with Gasteiger partial charge in [-0.05, 0) is 54.7 Å². The Balaban J connectivity index is 1.54. The number of hydrogen-bond acceptors (Lipinski definition) is 4. The maximum Gasteiger partial charge on any atom is 0.337 e. The highest BCUT2D eigenvalue weighted by molar-refractivity contribution is 5.89. The summed E-state index contributed by atoms with van der Waals surface area (Å²) in [7, 11) is 1.39. The van der Waals surface area contributed by atoms with Crippen molar-refractivity contribution in [1.82, 2.24) is 4.98 Å². The molecule has 0 aliphatic carbocycles. The molecule has 0 saturated heterocycles. The minimum atomic E-state index is -0.304. The van der Waals surface area contributed by atoms with Crippen LogP contribution in [0.2, 0.25) is 0 Å². The Hall–Kier alpha value is -3.14. The van der Waals surface area contributed by atoms with Crippen molar-refractivity contribution < 1.29 is 14.3 Å². The maximum absolute atomic E-state index is 11.5. The molecule has 0 aliphatic rings. The molecule has 0 aliphatic heterocycles. The summed E-state index contributed by atoms with van der Waals surface area (Å²) >= 11 is 0. The number of esters is 1. The van der Waals surface area contributed by atoms with Crippen LogP contribution in [0, 0.1) is 0 Å². The van der Waals surface area contributed by atoms with Crippen molar-refractivity contribution >= 4 is 5.97 Å². The third-order valence-electron chi connectivity index (χ3n) is 4.38.